The molecule has 8 atom stereocenters. The first kappa shape index (κ1) is 40.8. The molecule has 298 valence electrons. The maximum atomic E-state index is 11.1. The monoisotopic (exact) mass is 756 g/mol. The minimum absolute atomic E-state index is 0.166. The molecule has 0 heterocycles. The first-order valence-corrected chi connectivity index (χ1v) is 20.0. The number of hydrogen-bond acceptors (Lipinski definition) is 10. The van der Waals surface area contributed by atoms with Gasteiger partial charge in [0.2, 0.25) is 0 Å². The lowest BCUT2D eigenvalue weighted by Gasteiger charge is -2.36. The molecular weight excluding hydrogens is 697 g/mol. The van der Waals surface area contributed by atoms with Crippen LogP contribution in [0, 0.1) is 23.7 Å². The molecule has 2 bridgehead atoms. The molecular formula is C45H60N2O8. The number of hydrogen-bond donors (Lipinski definition) is 4. The molecule has 6 rings (SSSR count). The predicted octanol–water partition coefficient (Wildman–Crippen LogP) is 5.18. The Hall–Kier alpha value is -3.90. The van der Waals surface area contributed by atoms with Crippen molar-refractivity contribution >= 4 is 0 Å². The number of aliphatic hydroxyl groups excluding tert-OH is 4. The van der Waals surface area contributed by atoms with E-state index in [1.165, 1.54) is 0 Å². The van der Waals surface area contributed by atoms with E-state index in [4.69, 9.17) is 18.9 Å². The van der Waals surface area contributed by atoms with Gasteiger partial charge in [0.05, 0.1) is 5.76 Å². The second-order valence-electron chi connectivity index (χ2n) is 15.6. The smallest absolute Gasteiger partial charge is 0.119 e. The fourth-order valence-electron chi connectivity index (χ4n) is 8.51. The Kier molecular flexibility index (Phi) is 15.9. The lowest BCUT2D eigenvalue weighted by atomic mass is 9.81. The van der Waals surface area contributed by atoms with Crippen LogP contribution < -0.4 is 14.2 Å². The average molecular weight is 757 g/mol. The zero-order chi connectivity index (χ0) is 38.2. The Bertz CT molecular complexity index is 1530. The van der Waals surface area contributed by atoms with Gasteiger partial charge in [0.1, 0.15) is 68.1 Å². The highest BCUT2D eigenvalue weighted by Gasteiger charge is 2.46. The van der Waals surface area contributed by atoms with Crippen LogP contribution in [0.5, 0.6) is 17.2 Å². The van der Waals surface area contributed by atoms with E-state index in [9.17, 15) is 20.4 Å². The van der Waals surface area contributed by atoms with Crippen molar-refractivity contribution in [1.82, 2.24) is 9.80 Å². The van der Waals surface area contributed by atoms with E-state index >= 15 is 0 Å². The van der Waals surface area contributed by atoms with Gasteiger partial charge in [-0.05, 0) is 91.8 Å². The van der Waals surface area contributed by atoms with Gasteiger partial charge in [-0.25, -0.2) is 0 Å². The number of nitrogens with zero attached hydrogens (tertiary/aromatic N) is 2. The standard InChI is InChI=1S/C45H60N2O8/c48-38(30-52-42-13-5-1-6-14-42)26-46(27-39(49)31-53-43-15-7-2-8-16-43)24-36-22-35-21-34(36)23-37(35)25-47(28-40(50)32-54-44-17-9-3-10-18-44)29-41(51)33-55-45-19-11-4-12-20-45/h1-11,13-19,34-41,48-51H,12,20-33H2. The van der Waals surface area contributed by atoms with Crippen molar-refractivity contribution in [3.05, 3.63) is 115 Å². The van der Waals surface area contributed by atoms with Crippen molar-refractivity contribution < 1.29 is 39.4 Å². The topological polar surface area (TPSA) is 124 Å². The highest BCUT2D eigenvalue weighted by molar-refractivity contribution is 5.22. The van der Waals surface area contributed by atoms with E-state index in [-0.39, 0.29) is 26.4 Å². The van der Waals surface area contributed by atoms with Gasteiger partial charge in [0.15, 0.2) is 0 Å². The summed E-state index contributed by atoms with van der Waals surface area (Å²) >= 11 is 0. The molecule has 10 heteroatoms. The highest BCUT2D eigenvalue weighted by atomic mass is 16.5. The van der Waals surface area contributed by atoms with Crippen LogP contribution >= 0.6 is 0 Å². The second-order valence-corrected chi connectivity index (χ2v) is 15.6. The molecule has 0 radical (unpaired) electrons. The van der Waals surface area contributed by atoms with E-state index in [1.807, 2.05) is 103 Å². The maximum Gasteiger partial charge on any atom is 0.119 e. The maximum absolute atomic E-state index is 11.1. The lowest BCUT2D eigenvalue weighted by Crippen LogP contribution is -2.46. The molecule has 3 aromatic carbocycles. The molecule has 0 aromatic heterocycles. The van der Waals surface area contributed by atoms with Gasteiger partial charge in [-0.15, -0.1) is 0 Å². The molecule has 10 nitrogen and oxygen atoms in total. The number of fused-ring (bicyclic) bond motifs is 2. The Morgan fingerprint density at radius 2 is 0.891 bits per heavy atom. The largest absolute Gasteiger partial charge is 0.495 e. The molecule has 0 saturated heterocycles. The average Bonchev–Trinajstić information content (AvgIpc) is 3.79. The molecule has 8 unspecified atom stereocenters. The molecule has 3 aliphatic rings. The molecule has 2 saturated carbocycles. The summed E-state index contributed by atoms with van der Waals surface area (Å²) in [5, 5.41) is 44.3. The molecule has 55 heavy (non-hydrogen) atoms. The van der Waals surface area contributed by atoms with Crippen LogP contribution in [0.25, 0.3) is 0 Å². The summed E-state index contributed by atoms with van der Waals surface area (Å²) in [6, 6.07) is 28.5. The number of allylic oxidation sites excluding steroid dienone is 4. The van der Waals surface area contributed by atoms with Crippen LogP contribution in [0.1, 0.15) is 32.1 Å². The van der Waals surface area contributed by atoms with Gasteiger partial charge in [0, 0.05) is 45.7 Å². The molecule has 0 spiro atoms. The van der Waals surface area contributed by atoms with Crippen LogP contribution in [-0.2, 0) is 4.74 Å². The van der Waals surface area contributed by atoms with Crippen molar-refractivity contribution in [3.8, 4) is 17.2 Å². The van der Waals surface area contributed by atoms with E-state index in [0.717, 1.165) is 56.7 Å². The predicted molar refractivity (Wildman–Crippen MR) is 213 cm³/mol. The molecule has 2 fully saturated rings. The van der Waals surface area contributed by atoms with Crippen molar-refractivity contribution in [3.63, 3.8) is 0 Å². The minimum Gasteiger partial charge on any atom is -0.495 e. The number of rotatable bonds is 24. The number of benzene rings is 3. The van der Waals surface area contributed by atoms with Crippen LogP contribution in [0.4, 0.5) is 0 Å². The summed E-state index contributed by atoms with van der Waals surface area (Å²) in [5.74, 6) is 5.00. The molecule has 0 amide bonds. The van der Waals surface area contributed by atoms with Crippen LogP contribution in [-0.4, -0.2) is 120 Å². The van der Waals surface area contributed by atoms with Gasteiger partial charge < -0.3 is 39.4 Å². The second kappa shape index (κ2) is 21.4. The van der Waals surface area contributed by atoms with E-state index in [2.05, 4.69) is 15.9 Å². The highest BCUT2D eigenvalue weighted by Crippen LogP contribution is 2.52. The molecule has 3 aliphatic carbocycles. The summed E-state index contributed by atoms with van der Waals surface area (Å²) in [4.78, 5) is 4.38. The van der Waals surface area contributed by atoms with Crippen molar-refractivity contribution in [2.75, 3.05) is 65.7 Å². The number of para-hydroxylation sites is 3. The summed E-state index contributed by atoms with van der Waals surface area (Å²) < 4.78 is 23.5. The Balaban J connectivity index is 1.03. The van der Waals surface area contributed by atoms with Crippen molar-refractivity contribution in [2.24, 2.45) is 23.7 Å². The SMILES string of the molecule is OC(COC1=CC=CCC1)CN(CC(O)COc1ccccc1)CC1CC2CC1CC2CN(CC(O)COc1ccccc1)CC(O)COc1ccccc1. The summed E-state index contributed by atoms with van der Waals surface area (Å²) in [6.07, 6.45) is 8.28. The third kappa shape index (κ3) is 13.7. The van der Waals surface area contributed by atoms with E-state index < -0.39 is 24.4 Å². The van der Waals surface area contributed by atoms with Gasteiger partial charge in [-0.2, -0.15) is 0 Å². The molecule has 3 aromatic rings. The third-order valence-electron chi connectivity index (χ3n) is 11.0. The molecule has 4 N–H and O–H groups in total. The fourth-order valence-corrected chi connectivity index (χ4v) is 8.51. The summed E-state index contributed by atoms with van der Waals surface area (Å²) in [7, 11) is 0. The summed E-state index contributed by atoms with van der Waals surface area (Å²) in [6.45, 7) is 3.85. The first-order chi connectivity index (χ1) is 26.9. The van der Waals surface area contributed by atoms with Crippen molar-refractivity contribution in [2.45, 2.75) is 56.5 Å². The van der Waals surface area contributed by atoms with Gasteiger partial charge in [0.25, 0.3) is 0 Å². The number of ether oxygens (including phenoxy) is 4. The zero-order valence-corrected chi connectivity index (χ0v) is 31.9. The number of aliphatic hydroxyl groups is 4. The van der Waals surface area contributed by atoms with Gasteiger partial charge in [-0.1, -0.05) is 66.7 Å². The Labute approximate surface area is 326 Å². The van der Waals surface area contributed by atoms with Crippen LogP contribution in [0.3, 0.4) is 0 Å². The third-order valence-corrected chi connectivity index (χ3v) is 11.0. The minimum atomic E-state index is -0.721. The van der Waals surface area contributed by atoms with Crippen LogP contribution in [0.2, 0.25) is 0 Å². The van der Waals surface area contributed by atoms with Crippen LogP contribution in [0.15, 0.2) is 115 Å². The van der Waals surface area contributed by atoms with E-state index in [0.29, 0.717) is 61.3 Å². The van der Waals surface area contributed by atoms with Gasteiger partial charge >= 0.3 is 0 Å². The Morgan fingerprint density at radius 1 is 0.509 bits per heavy atom. The zero-order valence-electron chi connectivity index (χ0n) is 31.9. The fraction of sp³-hybridized carbons (Fsp3) is 0.511. The van der Waals surface area contributed by atoms with E-state index in [1.54, 1.807) is 0 Å². The van der Waals surface area contributed by atoms with Gasteiger partial charge in [-0.3, -0.25) is 9.80 Å². The van der Waals surface area contributed by atoms with Crippen molar-refractivity contribution in [1.29, 1.82) is 0 Å². The summed E-state index contributed by atoms with van der Waals surface area (Å²) in [5.41, 5.74) is 0. The Morgan fingerprint density at radius 3 is 1.24 bits per heavy atom. The quantitative estimate of drug-likeness (QED) is 0.0973. The normalized spacial score (nSPS) is 22.6. The lowest BCUT2D eigenvalue weighted by molar-refractivity contribution is 0.00627. The first-order valence-electron chi connectivity index (χ1n) is 20.0. The molecule has 0 aliphatic heterocycles.